The van der Waals surface area contributed by atoms with Gasteiger partial charge in [0.1, 0.15) is 0 Å². The Hall–Kier alpha value is -2.67. The van der Waals surface area contributed by atoms with E-state index in [0.29, 0.717) is 13.2 Å². The number of nitrogens with two attached hydrogens (primary N) is 1. The van der Waals surface area contributed by atoms with Crippen LogP contribution in [0, 0.1) is 10.1 Å². The maximum atomic E-state index is 11.0. The number of benzene rings is 1. The number of nitro benzene ring substituents is 1. The predicted octanol–water partition coefficient (Wildman–Crippen LogP) is 2.30. The molecule has 1 aliphatic heterocycles. The molecule has 2 N–H and O–H groups in total. The molecule has 1 aliphatic carbocycles. The first-order valence-electron chi connectivity index (χ1n) is 7.93. The van der Waals surface area contributed by atoms with Crippen molar-refractivity contribution in [1.82, 2.24) is 4.90 Å². The topological polar surface area (TPSA) is 94.0 Å². The summed E-state index contributed by atoms with van der Waals surface area (Å²) >= 11 is 0. The molecule has 126 valence electrons. The summed E-state index contributed by atoms with van der Waals surface area (Å²) in [6.07, 6.45) is 5.47. The second kappa shape index (κ2) is 7.27. The summed E-state index contributed by atoms with van der Waals surface area (Å²) in [5.74, 6) is 5.35. The van der Waals surface area contributed by atoms with Gasteiger partial charge in [-0.1, -0.05) is 12.1 Å². The van der Waals surface area contributed by atoms with Crippen molar-refractivity contribution in [3.05, 3.63) is 56.8 Å². The number of non-ortho nitro benzene ring substituents is 1. The zero-order valence-electron chi connectivity index (χ0n) is 13.4. The van der Waals surface area contributed by atoms with Crippen molar-refractivity contribution in [2.75, 3.05) is 26.3 Å². The van der Waals surface area contributed by atoms with Gasteiger partial charge in [-0.2, -0.15) is 5.10 Å². The molecule has 0 radical (unpaired) electrons. The highest BCUT2D eigenvalue weighted by molar-refractivity contribution is 5.83. The molecule has 24 heavy (non-hydrogen) atoms. The third-order valence-corrected chi connectivity index (χ3v) is 4.25. The van der Waals surface area contributed by atoms with Gasteiger partial charge in [-0.3, -0.25) is 10.1 Å². The van der Waals surface area contributed by atoms with Crippen LogP contribution in [-0.4, -0.2) is 42.3 Å². The number of morpholine rings is 1. The predicted molar refractivity (Wildman–Crippen MR) is 92.4 cm³/mol. The van der Waals surface area contributed by atoms with Gasteiger partial charge in [-0.05, 0) is 35.6 Å². The number of nitrogens with zero attached hydrogens (tertiary/aromatic N) is 3. The molecule has 0 bridgehead atoms. The van der Waals surface area contributed by atoms with E-state index in [1.807, 2.05) is 12.1 Å². The summed E-state index contributed by atoms with van der Waals surface area (Å²) in [4.78, 5) is 12.9. The third kappa shape index (κ3) is 3.46. The van der Waals surface area contributed by atoms with Gasteiger partial charge >= 0.3 is 0 Å². The lowest BCUT2D eigenvalue weighted by atomic mass is 10.1. The number of hydrogen-bond acceptors (Lipinski definition) is 6. The molecule has 3 rings (SSSR count). The molecule has 0 aromatic heterocycles. The van der Waals surface area contributed by atoms with Crippen LogP contribution in [0.5, 0.6) is 0 Å². The second-order valence-electron chi connectivity index (χ2n) is 5.77. The Bertz CT molecular complexity index is 718. The fraction of sp³-hybridized carbons (Fsp3) is 0.353. The average molecular weight is 328 g/mol. The van der Waals surface area contributed by atoms with E-state index in [-0.39, 0.29) is 10.6 Å². The van der Waals surface area contributed by atoms with Gasteiger partial charge < -0.3 is 15.5 Å². The Morgan fingerprint density at radius 2 is 2.08 bits per heavy atom. The van der Waals surface area contributed by atoms with E-state index in [9.17, 15) is 10.1 Å². The van der Waals surface area contributed by atoms with Crippen LogP contribution >= 0.6 is 0 Å². The molecule has 2 aliphatic rings. The van der Waals surface area contributed by atoms with Crippen LogP contribution in [0.25, 0.3) is 6.08 Å². The summed E-state index contributed by atoms with van der Waals surface area (Å²) in [6.45, 7) is 3.04. The van der Waals surface area contributed by atoms with Gasteiger partial charge in [0.05, 0.1) is 24.4 Å². The molecule has 0 spiro atoms. The largest absolute Gasteiger partial charge is 0.378 e. The molecule has 0 saturated carbocycles. The molecule has 1 fully saturated rings. The number of allylic oxidation sites excluding steroid dienone is 2. The van der Waals surface area contributed by atoms with E-state index < -0.39 is 0 Å². The van der Waals surface area contributed by atoms with Gasteiger partial charge in [0.25, 0.3) is 5.69 Å². The highest BCUT2D eigenvalue weighted by atomic mass is 16.6. The van der Waals surface area contributed by atoms with E-state index in [1.54, 1.807) is 18.3 Å². The summed E-state index contributed by atoms with van der Waals surface area (Å²) in [5.41, 5.74) is 4.33. The molecule has 0 unspecified atom stereocenters. The smallest absolute Gasteiger partial charge is 0.270 e. The lowest BCUT2D eigenvalue weighted by molar-refractivity contribution is -0.384. The van der Waals surface area contributed by atoms with Crippen molar-refractivity contribution in [2.24, 2.45) is 10.9 Å². The van der Waals surface area contributed by atoms with Gasteiger partial charge in [0.15, 0.2) is 0 Å². The molecule has 1 heterocycles. The lowest BCUT2D eigenvalue weighted by Gasteiger charge is -2.31. The molecule has 7 nitrogen and oxygen atoms in total. The number of ether oxygens (including phenoxy) is 1. The van der Waals surface area contributed by atoms with Gasteiger partial charge in [-0.15, -0.1) is 0 Å². The highest BCUT2D eigenvalue weighted by Crippen LogP contribution is 2.35. The van der Waals surface area contributed by atoms with Crippen LogP contribution in [0.1, 0.15) is 18.4 Å². The summed E-state index contributed by atoms with van der Waals surface area (Å²) in [5, 5.41) is 14.6. The lowest BCUT2D eigenvalue weighted by Crippen LogP contribution is -2.36. The van der Waals surface area contributed by atoms with Crippen LogP contribution in [0.3, 0.4) is 0 Å². The maximum Gasteiger partial charge on any atom is 0.270 e. The zero-order chi connectivity index (χ0) is 16.9. The van der Waals surface area contributed by atoms with E-state index in [0.717, 1.165) is 48.3 Å². The summed E-state index contributed by atoms with van der Waals surface area (Å²) < 4.78 is 5.43. The van der Waals surface area contributed by atoms with Gasteiger partial charge in [-0.25, -0.2) is 0 Å². The van der Waals surface area contributed by atoms with Crippen molar-refractivity contribution >= 4 is 18.0 Å². The van der Waals surface area contributed by atoms with Crippen LogP contribution in [0.15, 0.2) is 46.2 Å². The number of rotatable bonds is 4. The van der Waals surface area contributed by atoms with Crippen molar-refractivity contribution in [3.63, 3.8) is 0 Å². The molecule has 1 saturated heterocycles. The minimum Gasteiger partial charge on any atom is -0.378 e. The molecular formula is C17H20N4O3. The monoisotopic (exact) mass is 328 g/mol. The Morgan fingerprint density at radius 1 is 1.29 bits per heavy atom. The zero-order valence-corrected chi connectivity index (χ0v) is 13.4. The second-order valence-corrected chi connectivity index (χ2v) is 5.77. The molecule has 7 heteroatoms. The Kier molecular flexibility index (Phi) is 4.90. The molecule has 1 aromatic carbocycles. The Balaban J connectivity index is 1.96. The number of nitro groups is 1. The van der Waals surface area contributed by atoms with Crippen LogP contribution in [-0.2, 0) is 4.74 Å². The first-order valence-corrected chi connectivity index (χ1v) is 7.93. The fourth-order valence-corrected chi connectivity index (χ4v) is 3.19. The van der Waals surface area contributed by atoms with E-state index in [4.69, 9.17) is 10.6 Å². The molecule has 0 amide bonds. The van der Waals surface area contributed by atoms with Crippen molar-refractivity contribution < 1.29 is 9.66 Å². The van der Waals surface area contributed by atoms with Gasteiger partial charge in [0, 0.05) is 30.9 Å². The van der Waals surface area contributed by atoms with E-state index in [2.05, 4.69) is 10.0 Å². The maximum absolute atomic E-state index is 11.0. The van der Waals surface area contributed by atoms with E-state index >= 15 is 0 Å². The SMILES string of the molecule is N/N=C\C1=C(N2CCOCC2)C(=C/c2cccc([N+](=O)[O-])c2)/CC1. The molecule has 0 atom stereocenters. The quantitative estimate of drug-likeness (QED) is 0.396. The minimum atomic E-state index is -0.373. The van der Waals surface area contributed by atoms with Crippen molar-refractivity contribution in [1.29, 1.82) is 0 Å². The molecular weight excluding hydrogens is 308 g/mol. The number of hydrogen-bond donors (Lipinski definition) is 1. The highest BCUT2D eigenvalue weighted by Gasteiger charge is 2.25. The first-order chi connectivity index (χ1) is 11.7. The molecule has 1 aromatic rings. The van der Waals surface area contributed by atoms with Crippen LogP contribution < -0.4 is 5.84 Å². The Labute approximate surface area is 140 Å². The summed E-state index contributed by atoms with van der Waals surface area (Å²) in [7, 11) is 0. The van der Waals surface area contributed by atoms with Crippen LogP contribution in [0.2, 0.25) is 0 Å². The normalized spacial score (nSPS) is 20.3. The fourth-order valence-electron chi connectivity index (χ4n) is 3.19. The first kappa shape index (κ1) is 16.2. The van der Waals surface area contributed by atoms with Gasteiger partial charge in [0.2, 0.25) is 0 Å². The van der Waals surface area contributed by atoms with E-state index in [1.165, 1.54) is 6.07 Å². The third-order valence-electron chi connectivity index (χ3n) is 4.25. The van der Waals surface area contributed by atoms with Crippen LogP contribution in [0.4, 0.5) is 5.69 Å². The average Bonchev–Trinajstić information content (AvgIpc) is 2.98. The minimum absolute atomic E-state index is 0.1000. The standard InChI is InChI=1S/C17H20N4O3/c18-19-12-15-5-4-14(17(15)20-6-8-24-9-7-20)10-13-2-1-3-16(11-13)21(22)23/h1-3,10-12H,4-9,18H2/b14-10+,19-12-. The number of hydrazone groups is 1. The van der Waals surface area contributed by atoms with Crippen molar-refractivity contribution in [2.45, 2.75) is 12.8 Å². The van der Waals surface area contributed by atoms with Crippen molar-refractivity contribution in [3.8, 4) is 0 Å². The summed E-state index contributed by atoms with van der Waals surface area (Å²) in [6, 6.07) is 6.69. The Morgan fingerprint density at radius 3 is 2.79 bits per heavy atom.